The molecule has 1 aliphatic heterocycles. The zero-order valence-electron chi connectivity index (χ0n) is 13.0. The molecule has 2 atom stereocenters. The second kappa shape index (κ2) is 6.48. The average Bonchev–Trinajstić information content (AvgIpc) is 2.73. The van der Waals surface area contributed by atoms with Gasteiger partial charge in [-0.05, 0) is 19.4 Å². The molecule has 1 heterocycles. The lowest BCUT2D eigenvalue weighted by Crippen LogP contribution is -2.44. The van der Waals surface area contributed by atoms with E-state index < -0.39 is 23.4 Å². The van der Waals surface area contributed by atoms with Crippen molar-refractivity contribution in [3.8, 4) is 6.07 Å². The third-order valence-corrected chi connectivity index (χ3v) is 3.73. The van der Waals surface area contributed by atoms with Crippen molar-refractivity contribution < 1.29 is 14.4 Å². The maximum absolute atomic E-state index is 12.6. The van der Waals surface area contributed by atoms with Gasteiger partial charge in [0.05, 0.1) is 12.5 Å². The van der Waals surface area contributed by atoms with Gasteiger partial charge in [-0.1, -0.05) is 30.3 Å². The van der Waals surface area contributed by atoms with Crippen LogP contribution in [0.2, 0.25) is 0 Å². The molecule has 1 aromatic carbocycles. The summed E-state index contributed by atoms with van der Waals surface area (Å²) in [5, 5.41) is 13.8. The van der Waals surface area contributed by atoms with Gasteiger partial charge in [-0.2, -0.15) is 5.26 Å². The van der Waals surface area contributed by atoms with Gasteiger partial charge >= 0.3 is 6.03 Å². The number of nitrogens with zero attached hydrogens (tertiary/aromatic N) is 2. The topological polar surface area (TPSA) is 102 Å². The fourth-order valence-corrected chi connectivity index (χ4v) is 2.46. The lowest BCUT2D eigenvalue weighted by Gasteiger charge is -2.22. The molecule has 4 amide bonds. The first-order valence-electron chi connectivity index (χ1n) is 7.24. The van der Waals surface area contributed by atoms with Crippen molar-refractivity contribution in [2.45, 2.75) is 31.8 Å². The second-order valence-corrected chi connectivity index (χ2v) is 5.64. The van der Waals surface area contributed by atoms with E-state index in [-0.39, 0.29) is 19.0 Å². The number of benzene rings is 1. The highest BCUT2D eigenvalue weighted by molar-refractivity contribution is 6.09. The molecule has 2 unspecified atom stereocenters. The highest BCUT2D eigenvalue weighted by Gasteiger charge is 2.49. The van der Waals surface area contributed by atoms with E-state index in [4.69, 9.17) is 5.26 Å². The summed E-state index contributed by atoms with van der Waals surface area (Å²) in [7, 11) is 0. The Kier molecular flexibility index (Phi) is 4.65. The Labute approximate surface area is 134 Å². The number of nitriles is 1. The maximum Gasteiger partial charge on any atom is 0.325 e. The van der Waals surface area contributed by atoms with Gasteiger partial charge in [-0.25, -0.2) is 4.79 Å². The molecule has 2 N–H and O–H groups in total. The van der Waals surface area contributed by atoms with E-state index in [2.05, 4.69) is 10.6 Å². The van der Waals surface area contributed by atoms with Crippen LogP contribution in [0.5, 0.6) is 0 Å². The summed E-state index contributed by atoms with van der Waals surface area (Å²) in [5.74, 6) is -0.953. The zero-order valence-corrected chi connectivity index (χ0v) is 13.0. The number of carbonyl (C=O) groups is 3. The van der Waals surface area contributed by atoms with Crippen LogP contribution >= 0.6 is 0 Å². The number of hydrogen-bond acceptors (Lipinski definition) is 4. The van der Waals surface area contributed by atoms with Crippen LogP contribution in [0.25, 0.3) is 0 Å². The molecule has 0 aromatic heterocycles. The molecule has 0 aliphatic carbocycles. The van der Waals surface area contributed by atoms with E-state index in [1.165, 1.54) is 0 Å². The fourth-order valence-electron chi connectivity index (χ4n) is 2.46. The first kappa shape index (κ1) is 16.5. The van der Waals surface area contributed by atoms with Crippen molar-refractivity contribution in [3.05, 3.63) is 35.9 Å². The summed E-state index contributed by atoms with van der Waals surface area (Å²) < 4.78 is 0. The van der Waals surface area contributed by atoms with Crippen LogP contribution in [0.4, 0.5) is 4.79 Å². The van der Waals surface area contributed by atoms with Gasteiger partial charge in [0.1, 0.15) is 12.1 Å². The summed E-state index contributed by atoms with van der Waals surface area (Å²) >= 11 is 0. The largest absolute Gasteiger partial charge is 0.351 e. The number of nitrogens with one attached hydrogen (secondary N) is 2. The van der Waals surface area contributed by atoms with Crippen molar-refractivity contribution >= 4 is 17.8 Å². The molecule has 0 radical (unpaired) electrons. The molecule has 1 aromatic rings. The van der Waals surface area contributed by atoms with E-state index >= 15 is 0 Å². The van der Waals surface area contributed by atoms with Crippen LogP contribution in [-0.4, -0.2) is 35.3 Å². The van der Waals surface area contributed by atoms with Gasteiger partial charge in [0, 0.05) is 6.04 Å². The summed E-state index contributed by atoms with van der Waals surface area (Å²) in [6.45, 7) is 2.92. The van der Waals surface area contributed by atoms with E-state index in [1.54, 1.807) is 38.1 Å². The van der Waals surface area contributed by atoms with Crippen LogP contribution in [0.15, 0.2) is 30.3 Å². The van der Waals surface area contributed by atoms with E-state index in [1.807, 2.05) is 12.1 Å². The number of rotatable bonds is 5. The predicted molar refractivity (Wildman–Crippen MR) is 81.9 cm³/mol. The molecule has 0 spiro atoms. The zero-order chi connectivity index (χ0) is 17.0. The lowest BCUT2D eigenvalue weighted by atomic mass is 9.92. The van der Waals surface area contributed by atoms with Crippen molar-refractivity contribution in [1.29, 1.82) is 5.26 Å². The number of amides is 4. The Bertz CT molecular complexity index is 668. The molecule has 1 saturated heterocycles. The van der Waals surface area contributed by atoms with Crippen molar-refractivity contribution in [2.24, 2.45) is 0 Å². The lowest BCUT2D eigenvalue weighted by molar-refractivity contribution is -0.135. The molecular weight excluding hydrogens is 296 g/mol. The van der Waals surface area contributed by atoms with Gasteiger partial charge in [0.25, 0.3) is 5.91 Å². The standard InChI is InChI=1S/C16H18N4O3/c1-11(8-9-17)18-13(21)10-20-14(22)16(2,19-15(20)23)12-6-4-3-5-7-12/h3-7,11H,8,10H2,1-2H3,(H,18,21)(H,19,23). The van der Waals surface area contributed by atoms with Crippen LogP contribution in [-0.2, 0) is 15.1 Å². The van der Waals surface area contributed by atoms with E-state index in [9.17, 15) is 14.4 Å². The van der Waals surface area contributed by atoms with Crippen LogP contribution in [0.3, 0.4) is 0 Å². The average molecular weight is 314 g/mol. The Hall–Kier alpha value is -2.88. The molecule has 2 rings (SSSR count). The smallest absolute Gasteiger partial charge is 0.325 e. The Morgan fingerprint density at radius 2 is 2.04 bits per heavy atom. The Morgan fingerprint density at radius 3 is 2.65 bits per heavy atom. The maximum atomic E-state index is 12.6. The molecule has 7 heteroatoms. The highest BCUT2D eigenvalue weighted by Crippen LogP contribution is 2.28. The monoisotopic (exact) mass is 314 g/mol. The molecule has 0 saturated carbocycles. The Balaban J connectivity index is 2.10. The number of urea groups is 1. The minimum Gasteiger partial charge on any atom is -0.351 e. The van der Waals surface area contributed by atoms with Crippen molar-refractivity contribution in [1.82, 2.24) is 15.5 Å². The molecule has 1 aliphatic rings. The SMILES string of the molecule is CC(CC#N)NC(=O)CN1C(=O)NC(C)(c2ccccc2)C1=O. The summed E-state index contributed by atoms with van der Waals surface area (Å²) in [6.07, 6.45) is 0.160. The van der Waals surface area contributed by atoms with E-state index in [0.29, 0.717) is 5.56 Å². The summed E-state index contributed by atoms with van der Waals surface area (Å²) in [6, 6.07) is 9.86. The van der Waals surface area contributed by atoms with Crippen LogP contribution in [0, 0.1) is 11.3 Å². The highest BCUT2D eigenvalue weighted by atomic mass is 16.2. The quantitative estimate of drug-likeness (QED) is 0.787. The first-order valence-corrected chi connectivity index (χ1v) is 7.24. The second-order valence-electron chi connectivity index (χ2n) is 5.64. The molecular formula is C16H18N4O3. The minimum absolute atomic E-state index is 0.160. The van der Waals surface area contributed by atoms with Gasteiger partial charge in [0.15, 0.2) is 0 Å². The third-order valence-electron chi connectivity index (χ3n) is 3.73. The number of hydrogen-bond donors (Lipinski definition) is 2. The number of carbonyl (C=O) groups excluding carboxylic acids is 3. The van der Waals surface area contributed by atoms with Crippen LogP contribution < -0.4 is 10.6 Å². The first-order chi connectivity index (χ1) is 10.9. The van der Waals surface area contributed by atoms with Crippen LogP contribution in [0.1, 0.15) is 25.8 Å². The third kappa shape index (κ3) is 3.31. The molecule has 120 valence electrons. The fraction of sp³-hybridized carbons (Fsp3) is 0.375. The summed E-state index contributed by atoms with van der Waals surface area (Å²) in [5.41, 5.74) is -0.532. The Morgan fingerprint density at radius 1 is 1.39 bits per heavy atom. The normalized spacial score (nSPS) is 21.5. The van der Waals surface area contributed by atoms with E-state index in [0.717, 1.165) is 4.90 Å². The molecule has 0 bridgehead atoms. The minimum atomic E-state index is -1.18. The number of imide groups is 1. The summed E-state index contributed by atoms with van der Waals surface area (Å²) in [4.78, 5) is 37.5. The predicted octanol–water partition coefficient (Wildman–Crippen LogP) is 0.872. The van der Waals surface area contributed by atoms with Crippen molar-refractivity contribution in [3.63, 3.8) is 0 Å². The molecule has 7 nitrogen and oxygen atoms in total. The van der Waals surface area contributed by atoms with Gasteiger partial charge < -0.3 is 10.6 Å². The van der Waals surface area contributed by atoms with Gasteiger partial charge in [0.2, 0.25) is 5.91 Å². The molecule has 23 heavy (non-hydrogen) atoms. The van der Waals surface area contributed by atoms with Crippen molar-refractivity contribution in [2.75, 3.05) is 6.54 Å². The van der Waals surface area contributed by atoms with Gasteiger partial charge in [-0.15, -0.1) is 0 Å². The molecule has 1 fully saturated rings. The van der Waals surface area contributed by atoms with Gasteiger partial charge in [-0.3, -0.25) is 14.5 Å².